The number of hydrogen-bond donors (Lipinski definition) is 3. The molecule has 0 spiro atoms. The number of aromatic hydroxyl groups is 1. The zero-order valence-electron chi connectivity index (χ0n) is 14.3. The molecular formula is C17H22O4S3. The third-order valence-corrected chi connectivity index (χ3v) is 4.29. The summed E-state index contributed by atoms with van der Waals surface area (Å²) in [6.07, 6.45) is 0. The van der Waals surface area contributed by atoms with Crippen molar-refractivity contribution in [3.05, 3.63) is 52.1 Å². The maximum Gasteiger partial charge on any atom is 0.425 e. The maximum absolute atomic E-state index is 9.18. The van der Waals surface area contributed by atoms with E-state index in [1.165, 1.54) is 16.7 Å². The summed E-state index contributed by atoms with van der Waals surface area (Å²) >= 11 is 8.47. The van der Waals surface area contributed by atoms with Crippen molar-refractivity contribution >= 4 is 35.9 Å². The Balaban J connectivity index is 0.000000363. The molecule has 0 amide bonds. The van der Waals surface area contributed by atoms with Crippen molar-refractivity contribution in [2.45, 2.75) is 44.4 Å². The largest absolute Gasteiger partial charge is 0.508 e. The quantitative estimate of drug-likeness (QED) is 0.594. The fourth-order valence-electron chi connectivity index (χ4n) is 1.78. The number of rotatable bonds is 0. The summed E-state index contributed by atoms with van der Waals surface area (Å²) in [4.78, 5) is 1.92. The topological polar surface area (TPSA) is 71.4 Å². The molecule has 24 heavy (non-hydrogen) atoms. The Morgan fingerprint density at radius 2 is 1.00 bits per heavy atom. The molecule has 2 rings (SSSR count). The van der Waals surface area contributed by atoms with Crippen LogP contribution in [0.1, 0.15) is 27.8 Å². The summed E-state index contributed by atoms with van der Waals surface area (Å²) in [5.74, 6) is 0.315. The van der Waals surface area contributed by atoms with Crippen LogP contribution in [0.2, 0.25) is 0 Å². The molecule has 0 aliphatic heterocycles. The molecular weight excluding hydrogens is 364 g/mol. The molecule has 7 heteroatoms. The molecule has 0 atom stereocenters. The standard InChI is InChI=1S/C9H12S.C8H10OS.O3S/c1-6-4-8(3)9(10)5-7(6)2;1-5-3-6(2)8(10)4-7(5)9;1-4(2)3/h4-5,10H,1-3H3;3-4,9-10H,1-2H3;. The second kappa shape index (κ2) is 10.4. The van der Waals surface area contributed by atoms with Gasteiger partial charge in [-0.25, -0.2) is 0 Å². The number of thiol groups is 2. The van der Waals surface area contributed by atoms with Crippen molar-refractivity contribution in [1.29, 1.82) is 0 Å². The summed E-state index contributed by atoms with van der Waals surface area (Å²) in [5, 5.41) is 9.18. The van der Waals surface area contributed by atoms with E-state index in [4.69, 9.17) is 12.6 Å². The Labute approximate surface area is 155 Å². The summed E-state index contributed by atoms with van der Waals surface area (Å²) in [5.41, 5.74) is 5.91. The van der Waals surface area contributed by atoms with Gasteiger partial charge in [0.1, 0.15) is 5.75 Å². The summed E-state index contributed by atoms with van der Waals surface area (Å²) in [7, 11) is -3.11. The normalized spacial score (nSPS) is 9.29. The van der Waals surface area contributed by atoms with Crippen LogP contribution in [0.15, 0.2) is 34.1 Å². The molecule has 0 saturated carbocycles. The number of benzene rings is 2. The van der Waals surface area contributed by atoms with Crippen LogP contribution in [0.4, 0.5) is 0 Å². The minimum absolute atomic E-state index is 0.315. The minimum atomic E-state index is -3.11. The summed E-state index contributed by atoms with van der Waals surface area (Å²) in [6.45, 7) is 10.1. The maximum atomic E-state index is 9.18. The van der Waals surface area contributed by atoms with Crippen LogP contribution in [0.25, 0.3) is 0 Å². The van der Waals surface area contributed by atoms with Crippen molar-refractivity contribution in [2.75, 3.05) is 0 Å². The number of phenols is 1. The first-order valence-corrected chi connectivity index (χ1v) is 8.87. The molecule has 0 radical (unpaired) electrons. The average molecular weight is 387 g/mol. The Kier molecular flexibility index (Phi) is 9.80. The Hall–Kier alpha value is -1.44. The van der Waals surface area contributed by atoms with Crippen molar-refractivity contribution in [1.82, 2.24) is 0 Å². The lowest BCUT2D eigenvalue weighted by molar-refractivity contribution is 0.469. The predicted octanol–water partition coefficient (Wildman–Crippen LogP) is 4.19. The molecule has 0 fully saturated rings. The van der Waals surface area contributed by atoms with Crippen LogP contribution in [0, 0.1) is 34.6 Å². The van der Waals surface area contributed by atoms with Gasteiger partial charge in [-0.3, -0.25) is 0 Å². The van der Waals surface area contributed by atoms with E-state index < -0.39 is 10.6 Å². The molecule has 0 heterocycles. The molecule has 0 saturated heterocycles. The number of phenolic OH excluding ortho intramolecular Hbond substituents is 1. The van der Waals surface area contributed by atoms with Gasteiger partial charge >= 0.3 is 10.6 Å². The molecule has 132 valence electrons. The van der Waals surface area contributed by atoms with E-state index in [1.807, 2.05) is 19.9 Å². The van der Waals surface area contributed by atoms with Gasteiger partial charge in [-0.05, 0) is 74.6 Å². The van der Waals surface area contributed by atoms with Gasteiger partial charge in [-0.1, -0.05) is 12.1 Å². The first-order valence-electron chi connectivity index (χ1n) is 6.98. The fourth-order valence-corrected chi connectivity index (χ4v) is 2.22. The smallest absolute Gasteiger partial charge is 0.425 e. The van der Waals surface area contributed by atoms with E-state index in [9.17, 15) is 5.11 Å². The van der Waals surface area contributed by atoms with E-state index in [1.54, 1.807) is 6.07 Å². The highest BCUT2D eigenvalue weighted by atomic mass is 32.2. The van der Waals surface area contributed by atoms with Crippen LogP contribution < -0.4 is 0 Å². The van der Waals surface area contributed by atoms with E-state index in [-0.39, 0.29) is 0 Å². The zero-order chi connectivity index (χ0) is 19.0. The van der Waals surface area contributed by atoms with Crippen LogP contribution in [0.3, 0.4) is 0 Å². The highest BCUT2D eigenvalue weighted by Crippen LogP contribution is 2.23. The van der Waals surface area contributed by atoms with Crippen molar-refractivity contribution in [3.8, 4) is 5.75 Å². The lowest BCUT2D eigenvalue weighted by atomic mass is 10.1. The highest BCUT2D eigenvalue weighted by molar-refractivity contribution is 7.80. The second-order valence-corrected chi connectivity index (χ2v) is 6.72. The number of aryl methyl sites for hydroxylation is 5. The van der Waals surface area contributed by atoms with Crippen molar-refractivity contribution < 1.29 is 17.7 Å². The van der Waals surface area contributed by atoms with Gasteiger partial charge in [0.25, 0.3) is 0 Å². The Morgan fingerprint density at radius 1 is 0.667 bits per heavy atom. The molecule has 0 aliphatic carbocycles. The third-order valence-electron chi connectivity index (χ3n) is 3.33. The van der Waals surface area contributed by atoms with Crippen molar-refractivity contribution in [2.24, 2.45) is 0 Å². The summed E-state index contributed by atoms with van der Waals surface area (Å²) in [6, 6.07) is 7.84. The van der Waals surface area contributed by atoms with Crippen LogP contribution >= 0.6 is 25.3 Å². The van der Waals surface area contributed by atoms with Gasteiger partial charge in [0.2, 0.25) is 0 Å². The molecule has 0 bridgehead atoms. The predicted molar refractivity (Wildman–Crippen MR) is 102 cm³/mol. The van der Waals surface area contributed by atoms with Gasteiger partial charge < -0.3 is 5.11 Å². The molecule has 2 aromatic carbocycles. The molecule has 2 aromatic rings. The number of hydrogen-bond acceptors (Lipinski definition) is 6. The van der Waals surface area contributed by atoms with E-state index in [0.717, 1.165) is 20.9 Å². The lowest BCUT2D eigenvalue weighted by Gasteiger charge is -2.03. The second-order valence-electron chi connectivity index (χ2n) is 5.35. The molecule has 1 N–H and O–H groups in total. The minimum Gasteiger partial charge on any atom is -0.508 e. The monoisotopic (exact) mass is 386 g/mol. The molecule has 0 aromatic heterocycles. The Bertz CT molecular complexity index is 650. The first kappa shape index (κ1) is 22.6. The van der Waals surface area contributed by atoms with Gasteiger partial charge in [0.05, 0.1) is 0 Å². The molecule has 0 aliphatic rings. The van der Waals surface area contributed by atoms with Gasteiger partial charge in [-0.2, -0.15) is 0 Å². The average Bonchev–Trinajstić information content (AvgIpc) is 2.43. The lowest BCUT2D eigenvalue weighted by Crippen LogP contribution is -1.83. The molecule has 4 nitrogen and oxygen atoms in total. The van der Waals surface area contributed by atoms with Crippen LogP contribution in [-0.4, -0.2) is 17.7 Å². The van der Waals surface area contributed by atoms with E-state index in [2.05, 4.69) is 58.2 Å². The van der Waals surface area contributed by atoms with Crippen LogP contribution in [0.5, 0.6) is 5.75 Å². The zero-order valence-corrected chi connectivity index (χ0v) is 16.9. The van der Waals surface area contributed by atoms with E-state index >= 15 is 0 Å². The molecule has 0 unspecified atom stereocenters. The SMILES string of the molecule is Cc1cc(C)c(S)cc1C.Cc1cc(C)c(S)cc1O.O=S(=O)=O. The van der Waals surface area contributed by atoms with Gasteiger partial charge in [-0.15, -0.1) is 37.9 Å². The van der Waals surface area contributed by atoms with Crippen LogP contribution in [-0.2, 0) is 10.6 Å². The fraction of sp³-hybridized carbons (Fsp3) is 0.294. The van der Waals surface area contributed by atoms with Gasteiger partial charge in [0.15, 0.2) is 0 Å². The summed E-state index contributed by atoms with van der Waals surface area (Å²) < 4.78 is 25.3. The Morgan fingerprint density at radius 3 is 1.38 bits per heavy atom. The first-order chi connectivity index (χ1) is 11.0. The highest BCUT2D eigenvalue weighted by Gasteiger charge is 1.98. The van der Waals surface area contributed by atoms with Gasteiger partial charge in [0, 0.05) is 9.79 Å². The third kappa shape index (κ3) is 8.42. The van der Waals surface area contributed by atoms with E-state index in [0.29, 0.717) is 5.75 Å². The van der Waals surface area contributed by atoms with Crippen molar-refractivity contribution in [3.63, 3.8) is 0 Å².